The van der Waals surface area contributed by atoms with E-state index in [4.69, 9.17) is 4.74 Å². The van der Waals surface area contributed by atoms with Gasteiger partial charge in [0.2, 0.25) is 0 Å². The van der Waals surface area contributed by atoms with E-state index in [0.717, 1.165) is 32.0 Å². The Hall–Kier alpha value is -1.06. The number of rotatable bonds is 7. The van der Waals surface area contributed by atoms with E-state index in [9.17, 15) is 0 Å². The molecule has 0 saturated carbocycles. The molecule has 0 aliphatic carbocycles. The first-order valence-electron chi connectivity index (χ1n) is 6.05. The highest BCUT2D eigenvalue weighted by Crippen LogP contribution is 2.18. The van der Waals surface area contributed by atoms with Crippen LogP contribution in [0.5, 0.6) is 5.75 Å². The van der Waals surface area contributed by atoms with Crippen LogP contribution in [0.15, 0.2) is 18.2 Å². The number of aryl methyl sites for hydroxylation is 2. The molecule has 0 heterocycles. The van der Waals surface area contributed by atoms with Gasteiger partial charge in [0, 0.05) is 6.42 Å². The Morgan fingerprint density at radius 2 is 2.06 bits per heavy atom. The molecule has 0 atom stereocenters. The molecule has 0 aromatic heterocycles. The second-order valence-corrected chi connectivity index (χ2v) is 4.19. The molecule has 0 radical (unpaired) electrons. The summed E-state index contributed by atoms with van der Waals surface area (Å²) in [7, 11) is 0. The van der Waals surface area contributed by atoms with Gasteiger partial charge < -0.3 is 15.8 Å². The van der Waals surface area contributed by atoms with Crippen LogP contribution in [0.2, 0.25) is 0 Å². The zero-order chi connectivity index (χ0) is 11.8. The first kappa shape index (κ1) is 13.0. The highest BCUT2D eigenvalue weighted by Gasteiger charge is 1.99. The first-order chi connectivity index (χ1) is 7.74. The van der Waals surface area contributed by atoms with Crippen LogP contribution in [0.25, 0.3) is 0 Å². The van der Waals surface area contributed by atoms with E-state index in [1.807, 2.05) is 0 Å². The van der Waals surface area contributed by atoms with Gasteiger partial charge in [-0.05, 0) is 25.5 Å². The number of ether oxygens (including phenoxy) is 1. The van der Waals surface area contributed by atoms with Gasteiger partial charge in [-0.3, -0.25) is 0 Å². The minimum absolute atomic E-state index is 0.779. The van der Waals surface area contributed by atoms with E-state index >= 15 is 0 Å². The number of hydrogen-bond donors (Lipinski definition) is 2. The van der Waals surface area contributed by atoms with Crippen LogP contribution in [0.1, 0.15) is 17.5 Å². The van der Waals surface area contributed by atoms with Crippen molar-refractivity contribution in [2.24, 2.45) is 0 Å². The fraction of sp³-hybridized carbons (Fsp3) is 0.538. The van der Waals surface area contributed by atoms with Crippen LogP contribution in [0, 0.1) is 13.8 Å². The normalized spacial score (nSPS) is 10.4. The van der Waals surface area contributed by atoms with Crippen LogP contribution in [-0.4, -0.2) is 26.2 Å². The quantitative estimate of drug-likeness (QED) is 0.623. The van der Waals surface area contributed by atoms with Gasteiger partial charge in [-0.2, -0.15) is 0 Å². The molecule has 0 spiro atoms. The van der Waals surface area contributed by atoms with Crippen molar-refractivity contribution in [2.75, 3.05) is 26.2 Å². The maximum atomic E-state index is 5.73. The van der Waals surface area contributed by atoms with Gasteiger partial charge in [0.25, 0.3) is 0 Å². The lowest BCUT2D eigenvalue weighted by Crippen LogP contribution is -2.85. The second-order valence-electron chi connectivity index (χ2n) is 4.19. The van der Waals surface area contributed by atoms with E-state index in [2.05, 4.69) is 43.1 Å². The van der Waals surface area contributed by atoms with Crippen LogP contribution >= 0.6 is 0 Å². The Morgan fingerprint density at radius 3 is 2.75 bits per heavy atom. The predicted molar refractivity (Wildman–Crippen MR) is 65.4 cm³/mol. The summed E-state index contributed by atoms with van der Waals surface area (Å²) in [6.07, 6.45) is 1.18. The van der Waals surface area contributed by atoms with Crippen molar-refractivity contribution in [1.82, 2.24) is 0 Å². The molecule has 0 amide bonds. The monoisotopic (exact) mass is 224 g/mol. The predicted octanol–water partition coefficient (Wildman–Crippen LogP) is -0.122. The van der Waals surface area contributed by atoms with Crippen LogP contribution in [-0.2, 0) is 0 Å². The van der Waals surface area contributed by atoms with Gasteiger partial charge in [-0.25, -0.2) is 0 Å². The summed E-state index contributed by atoms with van der Waals surface area (Å²) in [5.41, 5.74) is 6.32. The zero-order valence-corrected chi connectivity index (χ0v) is 10.5. The largest absolute Gasteiger partial charge is 0.487 e. The van der Waals surface area contributed by atoms with Gasteiger partial charge in [-0.15, -0.1) is 0 Å². The summed E-state index contributed by atoms with van der Waals surface area (Å²) in [6, 6.07) is 6.30. The molecule has 1 aromatic carbocycles. The maximum absolute atomic E-state index is 5.73. The van der Waals surface area contributed by atoms with Gasteiger partial charge in [-0.1, -0.05) is 17.7 Å². The number of quaternary nitrogens is 2. The van der Waals surface area contributed by atoms with Crippen molar-refractivity contribution in [3.63, 3.8) is 0 Å². The molecule has 16 heavy (non-hydrogen) atoms. The highest BCUT2D eigenvalue weighted by molar-refractivity contribution is 5.35. The molecule has 90 valence electrons. The fourth-order valence-corrected chi connectivity index (χ4v) is 1.65. The van der Waals surface area contributed by atoms with Crippen molar-refractivity contribution in [2.45, 2.75) is 20.3 Å². The maximum Gasteiger partial charge on any atom is 0.137 e. The summed E-state index contributed by atoms with van der Waals surface area (Å²) >= 11 is 0. The molecule has 1 rings (SSSR count). The molecular weight excluding hydrogens is 200 g/mol. The minimum Gasteiger partial charge on any atom is -0.487 e. The lowest BCUT2D eigenvalue weighted by atomic mass is 10.1. The Balaban J connectivity index is 2.21. The molecule has 0 aliphatic heterocycles. The second kappa shape index (κ2) is 7.25. The third kappa shape index (κ3) is 4.64. The number of hydrogen-bond acceptors (Lipinski definition) is 1. The molecule has 5 N–H and O–H groups in total. The average molecular weight is 224 g/mol. The van der Waals surface area contributed by atoms with Crippen molar-refractivity contribution in [3.8, 4) is 5.75 Å². The lowest BCUT2D eigenvalue weighted by molar-refractivity contribution is -0.657. The number of benzene rings is 1. The van der Waals surface area contributed by atoms with Crippen molar-refractivity contribution >= 4 is 0 Å². The molecule has 0 saturated heterocycles. The van der Waals surface area contributed by atoms with Crippen molar-refractivity contribution in [3.05, 3.63) is 29.3 Å². The molecule has 0 aliphatic rings. The summed E-state index contributed by atoms with van der Waals surface area (Å²) < 4.78 is 5.73. The summed E-state index contributed by atoms with van der Waals surface area (Å²) in [4.78, 5) is 0. The molecule has 0 unspecified atom stereocenters. The van der Waals surface area contributed by atoms with Crippen LogP contribution < -0.4 is 15.8 Å². The Labute approximate surface area is 98.0 Å². The summed E-state index contributed by atoms with van der Waals surface area (Å²) in [5, 5.41) is 2.29. The van der Waals surface area contributed by atoms with Gasteiger partial charge in [0.15, 0.2) is 0 Å². The summed E-state index contributed by atoms with van der Waals surface area (Å²) in [5.74, 6) is 1.01. The molecule has 0 fully saturated rings. The van der Waals surface area contributed by atoms with E-state index in [1.165, 1.54) is 17.5 Å². The zero-order valence-electron chi connectivity index (χ0n) is 10.5. The molecule has 3 nitrogen and oxygen atoms in total. The van der Waals surface area contributed by atoms with E-state index in [-0.39, 0.29) is 0 Å². The van der Waals surface area contributed by atoms with E-state index in [0.29, 0.717) is 0 Å². The van der Waals surface area contributed by atoms with Crippen molar-refractivity contribution < 1.29 is 15.8 Å². The number of nitrogens with two attached hydrogens (primary N) is 1. The van der Waals surface area contributed by atoms with Gasteiger partial charge in [0.05, 0.1) is 13.1 Å². The standard InChI is InChI=1S/C13H22N2O/c1-11-4-5-13(12(2)10-11)16-9-8-15-7-3-6-14/h4-5,10,15H,3,6-9,14H2,1-2H3/p+2. The third-order valence-corrected chi connectivity index (χ3v) is 2.57. The van der Waals surface area contributed by atoms with Crippen molar-refractivity contribution in [1.29, 1.82) is 0 Å². The molecule has 3 heteroatoms. The van der Waals surface area contributed by atoms with Gasteiger partial charge in [0.1, 0.15) is 18.9 Å². The SMILES string of the molecule is Cc1ccc(OCC[NH2+]CCC[NH3+])c(C)c1. The Bertz CT molecular complexity index is 313. The van der Waals surface area contributed by atoms with Crippen LogP contribution in [0.3, 0.4) is 0 Å². The topological polar surface area (TPSA) is 53.5 Å². The molecular formula is C13H24N2O+2. The summed E-state index contributed by atoms with van der Waals surface area (Å²) in [6.45, 7) is 8.17. The fourth-order valence-electron chi connectivity index (χ4n) is 1.65. The smallest absolute Gasteiger partial charge is 0.137 e. The Kier molecular flexibility index (Phi) is 5.90. The van der Waals surface area contributed by atoms with Gasteiger partial charge >= 0.3 is 0 Å². The average Bonchev–Trinajstić information content (AvgIpc) is 2.26. The minimum atomic E-state index is 0.779. The van der Waals surface area contributed by atoms with Crippen LogP contribution in [0.4, 0.5) is 0 Å². The lowest BCUT2D eigenvalue weighted by Gasteiger charge is -2.08. The Morgan fingerprint density at radius 1 is 1.25 bits per heavy atom. The first-order valence-corrected chi connectivity index (χ1v) is 6.05. The van der Waals surface area contributed by atoms with E-state index in [1.54, 1.807) is 0 Å². The van der Waals surface area contributed by atoms with E-state index < -0.39 is 0 Å². The molecule has 0 bridgehead atoms. The third-order valence-electron chi connectivity index (χ3n) is 2.57. The molecule has 1 aromatic rings. The highest BCUT2D eigenvalue weighted by atomic mass is 16.5.